The maximum atomic E-state index is 12.8. The average Bonchev–Trinajstić information content (AvgIpc) is 2.61. The van der Waals surface area contributed by atoms with Gasteiger partial charge in [0.2, 0.25) is 5.88 Å². The standard InChI is InChI=1S/C15H17ClN4O4S/c1-23-15-13(9-12(10-18-15)20-4-6-24-7-5-20)25(21,22)19-11-2-3-17-14(16)8-11/h2-3,8-10H,4-7H2,1H3,(H,17,19). The Morgan fingerprint density at radius 3 is 2.72 bits per heavy atom. The summed E-state index contributed by atoms with van der Waals surface area (Å²) in [6, 6.07) is 4.47. The molecule has 3 rings (SSSR count). The molecule has 0 aromatic carbocycles. The van der Waals surface area contributed by atoms with Gasteiger partial charge in [-0.3, -0.25) is 4.72 Å². The molecule has 0 spiro atoms. The topological polar surface area (TPSA) is 93.7 Å². The Morgan fingerprint density at radius 1 is 1.28 bits per heavy atom. The van der Waals surface area contributed by atoms with Crippen molar-refractivity contribution in [3.8, 4) is 5.88 Å². The van der Waals surface area contributed by atoms with Crippen LogP contribution in [0.25, 0.3) is 0 Å². The molecule has 2 aromatic heterocycles. The molecule has 2 aromatic rings. The number of morpholine rings is 1. The third-order valence-corrected chi connectivity index (χ3v) is 5.22. The smallest absolute Gasteiger partial charge is 0.267 e. The SMILES string of the molecule is COc1ncc(N2CCOCC2)cc1S(=O)(=O)Nc1ccnc(Cl)c1. The zero-order valence-electron chi connectivity index (χ0n) is 13.5. The largest absolute Gasteiger partial charge is 0.480 e. The van der Waals surface area contributed by atoms with Gasteiger partial charge in [0.05, 0.1) is 37.9 Å². The van der Waals surface area contributed by atoms with E-state index in [-0.39, 0.29) is 15.9 Å². The molecule has 1 aliphatic rings. The van der Waals surface area contributed by atoms with Crippen molar-refractivity contribution in [1.82, 2.24) is 9.97 Å². The number of halogens is 1. The molecule has 8 nitrogen and oxygen atoms in total. The molecule has 0 radical (unpaired) electrons. The fourth-order valence-electron chi connectivity index (χ4n) is 2.44. The van der Waals surface area contributed by atoms with Crippen LogP contribution in [0, 0.1) is 0 Å². The minimum Gasteiger partial charge on any atom is -0.480 e. The van der Waals surface area contributed by atoms with Crippen molar-refractivity contribution >= 4 is 33.0 Å². The average molecular weight is 385 g/mol. The van der Waals surface area contributed by atoms with Crippen molar-refractivity contribution in [3.63, 3.8) is 0 Å². The fourth-order valence-corrected chi connectivity index (χ4v) is 3.80. The van der Waals surface area contributed by atoms with Gasteiger partial charge in [-0.15, -0.1) is 0 Å². The molecule has 0 atom stereocenters. The molecule has 1 saturated heterocycles. The molecule has 0 saturated carbocycles. The lowest BCUT2D eigenvalue weighted by molar-refractivity contribution is 0.122. The predicted octanol–water partition coefficient (Wildman–Crippen LogP) is 1.78. The Balaban J connectivity index is 1.95. The summed E-state index contributed by atoms with van der Waals surface area (Å²) in [6.07, 6.45) is 3.01. The second-order valence-corrected chi connectivity index (χ2v) is 7.31. The Kier molecular flexibility index (Phi) is 5.26. The first kappa shape index (κ1) is 17.7. The number of sulfonamides is 1. The van der Waals surface area contributed by atoms with Crippen LogP contribution in [0.5, 0.6) is 5.88 Å². The van der Waals surface area contributed by atoms with E-state index in [1.807, 2.05) is 4.90 Å². The zero-order valence-corrected chi connectivity index (χ0v) is 15.0. The molecule has 0 amide bonds. The molecule has 0 aliphatic carbocycles. The van der Waals surface area contributed by atoms with Crippen LogP contribution in [0.15, 0.2) is 35.5 Å². The van der Waals surface area contributed by atoms with E-state index in [2.05, 4.69) is 14.7 Å². The number of anilines is 2. The lowest BCUT2D eigenvalue weighted by Crippen LogP contribution is -2.36. The summed E-state index contributed by atoms with van der Waals surface area (Å²) in [5.74, 6) is 0.0182. The van der Waals surface area contributed by atoms with E-state index in [0.717, 1.165) is 0 Å². The second-order valence-electron chi connectivity index (χ2n) is 5.27. The first-order valence-corrected chi connectivity index (χ1v) is 9.37. The van der Waals surface area contributed by atoms with Crippen molar-refractivity contribution in [1.29, 1.82) is 0 Å². The van der Waals surface area contributed by atoms with Crippen LogP contribution in [-0.2, 0) is 14.8 Å². The van der Waals surface area contributed by atoms with Gasteiger partial charge in [0, 0.05) is 19.3 Å². The van der Waals surface area contributed by atoms with Crippen LogP contribution in [0.2, 0.25) is 5.15 Å². The normalized spacial score (nSPS) is 15.0. The number of ether oxygens (including phenoxy) is 2. The summed E-state index contributed by atoms with van der Waals surface area (Å²) in [5, 5.41) is 0.187. The summed E-state index contributed by atoms with van der Waals surface area (Å²) < 4.78 is 38.5. The maximum Gasteiger partial charge on any atom is 0.267 e. The fraction of sp³-hybridized carbons (Fsp3) is 0.333. The van der Waals surface area contributed by atoms with Crippen molar-refractivity contribution < 1.29 is 17.9 Å². The van der Waals surface area contributed by atoms with Crippen LogP contribution < -0.4 is 14.4 Å². The van der Waals surface area contributed by atoms with E-state index >= 15 is 0 Å². The van der Waals surface area contributed by atoms with Crippen LogP contribution in [0.4, 0.5) is 11.4 Å². The highest BCUT2D eigenvalue weighted by atomic mass is 35.5. The Labute approximate surface area is 150 Å². The number of pyridine rings is 2. The number of nitrogens with one attached hydrogen (secondary N) is 1. The van der Waals surface area contributed by atoms with Gasteiger partial charge in [-0.25, -0.2) is 18.4 Å². The molecule has 25 heavy (non-hydrogen) atoms. The van der Waals surface area contributed by atoms with Gasteiger partial charge in [0.15, 0.2) is 4.90 Å². The molecule has 1 fully saturated rings. The molecule has 3 heterocycles. The van der Waals surface area contributed by atoms with Crippen LogP contribution >= 0.6 is 11.6 Å². The molecule has 0 unspecified atom stereocenters. The number of aromatic nitrogens is 2. The van der Waals surface area contributed by atoms with Crippen molar-refractivity contribution in [3.05, 3.63) is 35.7 Å². The van der Waals surface area contributed by atoms with E-state index < -0.39 is 10.0 Å². The first-order chi connectivity index (χ1) is 12.0. The van der Waals surface area contributed by atoms with Gasteiger partial charge in [-0.05, 0) is 18.2 Å². The highest BCUT2D eigenvalue weighted by Gasteiger charge is 2.23. The molecular weight excluding hydrogens is 368 g/mol. The highest BCUT2D eigenvalue weighted by Crippen LogP contribution is 2.28. The Bertz CT molecular complexity index is 856. The predicted molar refractivity (Wildman–Crippen MR) is 93.9 cm³/mol. The van der Waals surface area contributed by atoms with E-state index in [1.165, 1.54) is 25.4 Å². The Hall–Kier alpha value is -2.10. The lowest BCUT2D eigenvalue weighted by Gasteiger charge is -2.29. The molecule has 10 heteroatoms. The van der Waals surface area contributed by atoms with E-state index in [9.17, 15) is 8.42 Å². The van der Waals surface area contributed by atoms with Crippen LogP contribution in [0.1, 0.15) is 0 Å². The lowest BCUT2D eigenvalue weighted by atomic mass is 10.3. The molecule has 1 N–H and O–H groups in total. The van der Waals surface area contributed by atoms with Crippen molar-refractivity contribution in [2.45, 2.75) is 4.90 Å². The number of rotatable bonds is 5. The third kappa shape index (κ3) is 4.12. The van der Waals surface area contributed by atoms with Gasteiger partial charge in [-0.2, -0.15) is 0 Å². The number of hydrogen-bond acceptors (Lipinski definition) is 7. The first-order valence-electron chi connectivity index (χ1n) is 7.51. The highest BCUT2D eigenvalue weighted by molar-refractivity contribution is 7.92. The summed E-state index contributed by atoms with van der Waals surface area (Å²) in [5.41, 5.74) is 0.996. The number of hydrogen-bond donors (Lipinski definition) is 1. The third-order valence-electron chi connectivity index (χ3n) is 3.64. The summed E-state index contributed by atoms with van der Waals surface area (Å²) >= 11 is 5.80. The van der Waals surface area contributed by atoms with Gasteiger partial charge in [0.1, 0.15) is 5.15 Å². The minimum atomic E-state index is -3.92. The minimum absolute atomic E-state index is 0.0182. The van der Waals surface area contributed by atoms with Gasteiger partial charge in [-0.1, -0.05) is 11.6 Å². The number of nitrogens with zero attached hydrogens (tertiary/aromatic N) is 3. The number of methoxy groups -OCH3 is 1. The van der Waals surface area contributed by atoms with E-state index in [0.29, 0.717) is 37.7 Å². The maximum absolute atomic E-state index is 12.8. The van der Waals surface area contributed by atoms with Gasteiger partial charge >= 0.3 is 0 Å². The Morgan fingerprint density at radius 2 is 2.04 bits per heavy atom. The van der Waals surface area contributed by atoms with Crippen molar-refractivity contribution in [2.75, 3.05) is 43.0 Å². The summed E-state index contributed by atoms with van der Waals surface area (Å²) in [4.78, 5) is 9.93. The van der Waals surface area contributed by atoms with E-state index in [1.54, 1.807) is 12.3 Å². The van der Waals surface area contributed by atoms with Crippen LogP contribution in [0.3, 0.4) is 0 Å². The molecule has 1 aliphatic heterocycles. The molecule has 0 bridgehead atoms. The second kappa shape index (κ2) is 7.42. The molecular formula is C15H17ClN4O4S. The van der Waals surface area contributed by atoms with Gasteiger partial charge in [0.25, 0.3) is 10.0 Å². The quantitative estimate of drug-likeness (QED) is 0.785. The summed E-state index contributed by atoms with van der Waals surface area (Å²) in [6.45, 7) is 2.51. The monoisotopic (exact) mass is 384 g/mol. The summed E-state index contributed by atoms with van der Waals surface area (Å²) in [7, 11) is -2.54. The molecule has 134 valence electrons. The van der Waals surface area contributed by atoms with Crippen molar-refractivity contribution in [2.24, 2.45) is 0 Å². The zero-order chi connectivity index (χ0) is 17.9. The van der Waals surface area contributed by atoms with Gasteiger partial charge < -0.3 is 14.4 Å². The van der Waals surface area contributed by atoms with Crippen LogP contribution in [-0.4, -0.2) is 51.8 Å². The van der Waals surface area contributed by atoms with E-state index in [4.69, 9.17) is 21.1 Å².